The molecule has 1 unspecified atom stereocenters. The molecule has 1 heterocycles. The highest BCUT2D eigenvalue weighted by Crippen LogP contribution is 2.32. The first-order valence-corrected chi connectivity index (χ1v) is 7.77. The zero-order valence-electron chi connectivity index (χ0n) is 10.8. The minimum atomic E-state index is -3.25. The van der Waals surface area contributed by atoms with Crippen LogP contribution in [0.4, 0.5) is 0 Å². The quantitative estimate of drug-likeness (QED) is 0.898. The molecule has 0 aliphatic carbocycles. The molecule has 0 radical (unpaired) electrons. The van der Waals surface area contributed by atoms with Crippen LogP contribution in [0.5, 0.6) is 0 Å². The Morgan fingerprint density at radius 1 is 1.39 bits per heavy atom. The maximum Gasteiger partial charge on any atom is 0.217 e. The Kier molecular flexibility index (Phi) is 3.75. The van der Waals surface area contributed by atoms with Crippen molar-refractivity contribution in [2.24, 2.45) is 5.73 Å². The SMILES string of the molecule is CC(C)S(=O)(=O)N1CCc2ccccc2C1CN. The highest BCUT2D eigenvalue weighted by Gasteiger charge is 2.35. The van der Waals surface area contributed by atoms with Crippen LogP contribution in [0.1, 0.15) is 31.0 Å². The normalized spacial score (nSPS) is 21.0. The van der Waals surface area contributed by atoms with Gasteiger partial charge in [0.05, 0.1) is 11.3 Å². The molecular formula is C13H20N2O2S. The number of hydrogen-bond acceptors (Lipinski definition) is 3. The molecule has 0 fully saturated rings. The number of sulfonamides is 1. The maximum absolute atomic E-state index is 12.3. The average Bonchev–Trinajstić information content (AvgIpc) is 2.36. The largest absolute Gasteiger partial charge is 0.329 e. The molecule has 0 bridgehead atoms. The summed E-state index contributed by atoms with van der Waals surface area (Å²) in [5, 5.41) is -0.406. The first kappa shape index (κ1) is 13.5. The van der Waals surface area contributed by atoms with Crippen LogP contribution in [-0.2, 0) is 16.4 Å². The van der Waals surface area contributed by atoms with E-state index >= 15 is 0 Å². The van der Waals surface area contributed by atoms with E-state index in [-0.39, 0.29) is 6.04 Å². The molecule has 100 valence electrons. The zero-order valence-corrected chi connectivity index (χ0v) is 11.7. The van der Waals surface area contributed by atoms with E-state index in [2.05, 4.69) is 6.07 Å². The van der Waals surface area contributed by atoms with Crippen LogP contribution in [0.3, 0.4) is 0 Å². The first-order chi connectivity index (χ1) is 8.48. The second kappa shape index (κ2) is 4.99. The second-order valence-electron chi connectivity index (χ2n) is 4.90. The van der Waals surface area contributed by atoms with Crippen LogP contribution < -0.4 is 5.73 Å². The molecule has 1 aromatic carbocycles. The number of nitrogens with zero attached hydrogens (tertiary/aromatic N) is 1. The van der Waals surface area contributed by atoms with Gasteiger partial charge in [-0.25, -0.2) is 8.42 Å². The standard InChI is InChI=1S/C13H20N2O2S/c1-10(2)18(16,17)15-8-7-11-5-3-4-6-12(11)13(15)9-14/h3-6,10,13H,7-9,14H2,1-2H3. The topological polar surface area (TPSA) is 63.4 Å². The van der Waals surface area contributed by atoms with Crippen molar-refractivity contribution in [1.82, 2.24) is 4.31 Å². The van der Waals surface area contributed by atoms with Crippen molar-refractivity contribution in [3.63, 3.8) is 0 Å². The predicted octanol–water partition coefficient (Wildman–Crippen LogP) is 1.28. The Balaban J connectivity index is 2.43. The highest BCUT2D eigenvalue weighted by molar-refractivity contribution is 7.89. The van der Waals surface area contributed by atoms with E-state index in [1.54, 1.807) is 18.2 Å². The van der Waals surface area contributed by atoms with Crippen molar-refractivity contribution < 1.29 is 8.42 Å². The zero-order chi connectivity index (χ0) is 13.3. The Morgan fingerprint density at radius 3 is 2.67 bits per heavy atom. The summed E-state index contributed by atoms with van der Waals surface area (Å²) >= 11 is 0. The van der Waals surface area contributed by atoms with Crippen LogP contribution in [0.15, 0.2) is 24.3 Å². The van der Waals surface area contributed by atoms with Gasteiger partial charge in [0, 0.05) is 13.1 Å². The molecule has 1 aliphatic rings. The highest BCUT2D eigenvalue weighted by atomic mass is 32.2. The van der Waals surface area contributed by atoms with Gasteiger partial charge in [0.15, 0.2) is 0 Å². The second-order valence-corrected chi connectivity index (χ2v) is 7.35. The van der Waals surface area contributed by atoms with Crippen LogP contribution >= 0.6 is 0 Å². The summed E-state index contributed by atoms with van der Waals surface area (Å²) in [6.45, 7) is 4.27. The Bertz CT molecular complexity index is 526. The van der Waals surface area contributed by atoms with Gasteiger partial charge in [-0.15, -0.1) is 0 Å². The molecule has 18 heavy (non-hydrogen) atoms. The summed E-state index contributed by atoms with van der Waals surface area (Å²) < 4.78 is 26.2. The van der Waals surface area contributed by atoms with E-state index in [9.17, 15) is 8.42 Å². The third-order valence-corrected chi connectivity index (χ3v) is 5.79. The molecule has 0 saturated carbocycles. The summed E-state index contributed by atoms with van der Waals surface area (Å²) in [7, 11) is -3.25. The van der Waals surface area contributed by atoms with E-state index in [0.717, 1.165) is 12.0 Å². The molecular weight excluding hydrogens is 248 g/mol. The molecule has 0 spiro atoms. The molecule has 1 aliphatic heterocycles. The lowest BCUT2D eigenvalue weighted by Crippen LogP contribution is -2.45. The molecule has 4 nitrogen and oxygen atoms in total. The number of hydrogen-bond donors (Lipinski definition) is 1. The minimum Gasteiger partial charge on any atom is -0.329 e. The molecule has 0 saturated heterocycles. The Morgan fingerprint density at radius 2 is 2.06 bits per heavy atom. The summed E-state index contributed by atoms with van der Waals surface area (Å²) in [5.41, 5.74) is 8.06. The van der Waals surface area contributed by atoms with Gasteiger partial charge in [-0.2, -0.15) is 4.31 Å². The molecule has 1 aromatic rings. The summed E-state index contributed by atoms with van der Waals surface area (Å²) in [6.07, 6.45) is 0.763. The maximum atomic E-state index is 12.3. The van der Waals surface area contributed by atoms with Crippen molar-refractivity contribution in [3.8, 4) is 0 Å². The lowest BCUT2D eigenvalue weighted by molar-refractivity contribution is 0.310. The summed E-state index contributed by atoms with van der Waals surface area (Å²) in [5.74, 6) is 0. The predicted molar refractivity (Wildman–Crippen MR) is 72.7 cm³/mol. The fourth-order valence-corrected chi connectivity index (χ4v) is 3.89. The lowest BCUT2D eigenvalue weighted by Gasteiger charge is -2.36. The number of benzene rings is 1. The van der Waals surface area contributed by atoms with Gasteiger partial charge in [0.1, 0.15) is 0 Å². The monoisotopic (exact) mass is 268 g/mol. The molecule has 0 amide bonds. The number of fused-ring (bicyclic) bond motifs is 1. The fourth-order valence-electron chi connectivity index (χ4n) is 2.45. The van der Waals surface area contributed by atoms with Crippen molar-refractivity contribution in [1.29, 1.82) is 0 Å². The van der Waals surface area contributed by atoms with Crippen LogP contribution in [-0.4, -0.2) is 31.1 Å². The van der Waals surface area contributed by atoms with Gasteiger partial charge < -0.3 is 5.73 Å². The smallest absolute Gasteiger partial charge is 0.217 e. The van der Waals surface area contributed by atoms with Crippen LogP contribution in [0, 0.1) is 0 Å². The van der Waals surface area contributed by atoms with Crippen LogP contribution in [0.2, 0.25) is 0 Å². The number of rotatable bonds is 3. The van der Waals surface area contributed by atoms with E-state index in [0.29, 0.717) is 13.1 Å². The molecule has 2 N–H and O–H groups in total. The first-order valence-electron chi connectivity index (χ1n) is 6.27. The van der Waals surface area contributed by atoms with Gasteiger partial charge in [-0.3, -0.25) is 0 Å². The lowest BCUT2D eigenvalue weighted by atomic mass is 9.94. The van der Waals surface area contributed by atoms with Gasteiger partial charge in [-0.1, -0.05) is 24.3 Å². The van der Waals surface area contributed by atoms with E-state index < -0.39 is 15.3 Å². The Labute approximate surface area is 109 Å². The van der Waals surface area contributed by atoms with Gasteiger partial charge >= 0.3 is 0 Å². The van der Waals surface area contributed by atoms with E-state index in [1.807, 2.05) is 18.2 Å². The van der Waals surface area contributed by atoms with E-state index in [4.69, 9.17) is 5.73 Å². The minimum absolute atomic E-state index is 0.220. The number of nitrogens with two attached hydrogens (primary N) is 1. The van der Waals surface area contributed by atoms with Crippen molar-refractivity contribution in [2.45, 2.75) is 31.6 Å². The van der Waals surface area contributed by atoms with Crippen molar-refractivity contribution in [3.05, 3.63) is 35.4 Å². The van der Waals surface area contributed by atoms with Crippen LogP contribution in [0.25, 0.3) is 0 Å². The summed E-state index contributed by atoms with van der Waals surface area (Å²) in [6, 6.07) is 7.74. The Hall–Kier alpha value is -0.910. The van der Waals surface area contributed by atoms with Crippen molar-refractivity contribution >= 4 is 10.0 Å². The summed E-state index contributed by atoms with van der Waals surface area (Å²) in [4.78, 5) is 0. The van der Waals surface area contributed by atoms with Gasteiger partial charge in [0.2, 0.25) is 10.0 Å². The van der Waals surface area contributed by atoms with Crippen molar-refractivity contribution in [2.75, 3.05) is 13.1 Å². The van der Waals surface area contributed by atoms with Gasteiger partial charge in [-0.05, 0) is 31.4 Å². The van der Waals surface area contributed by atoms with E-state index in [1.165, 1.54) is 5.56 Å². The average molecular weight is 268 g/mol. The fraction of sp³-hybridized carbons (Fsp3) is 0.538. The molecule has 5 heteroatoms. The molecule has 2 rings (SSSR count). The third-order valence-electron chi connectivity index (χ3n) is 3.51. The molecule has 1 atom stereocenters. The molecule has 0 aromatic heterocycles. The van der Waals surface area contributed by atoms with Gasteiger partial charge in [0.25, 0.3) is 0 Å². The third kappa shape index (κ3) is 2.18.